The van der Waals surface area contributed by atoms with Gasteiger partial charge in [-0.1, -0.05) is 58.8 Å². The maximum absolute atomic E-state index is 12.4. The number of hydrogen-bond acceptors (Lipinski definition) is 3. The van der Waals surface area contributed by atoms with Crippen molar-refractivity contribution in [1.82, 2.24) is 0 Å². The van der Waals surface area contributed by atoms with Gasteiger partial charge in [-0.25, -0.2) is 0 Å². The largest absolute Gasteiger partial charge is 0.494 e. The van der Waals surface area contributed by atoms with Crippen molar-refractivity contribution in [2.24, 2.45) is 23.7 Å². The predicted molar refractivity (Wildman–Crippen MR) is 123 cm³/mol. The Labute approximate surface area is 183 Å². The summed E-state index contributed by atoms with van der Waals surface area (Å²) in [5, 5.41) is 0. The molecular weight excluding hydrogens is 372 g/mol. The molecule has 2 saturated carbocycles. The smallest absolute Gasteiger partial charge is 0.314 e. The lowest BCUT2D eigenvalue weighted by molar-refractivity contribution is -0.140. The molecule has 3 heteroatoms. The quantitative estimate of drug-likeness (QED) is 0.225. The molecule has 168 valence electrons. The van der Waals surface area contributed by atoms with E-state index in [1.54, 1.807) is 0 Å². The molecule has 0 heterocycles. The molecule has 2 unspecified atom stereocenters. The van der Waals surface area contributed by atoms with Gasteiger partial charge >= 0.3 is 5.97 Å². The summed E-state index contributed by atoms with van der Waals surface area (Å²) in [7, 11) is 0. The molecule has 30 heavy (non-hydrogen) atoms. The molecule has 0 radical (unpaired) electrons. The Morgan fingerprint density at radius 2 is 1.50 bits per heavy atom. The number of ether oxygens (including phenoxy) is 2. The highest BCUT2D eigenvalue weighted by Crippen LogP contribution is 2.36. The third-order valence-electron chi connectivity index (χ3n) is 7.51. The van der Waals surface area contributed by atoms with Crippen molar-refractivity contribution >= 4 is 5.97 Å². The summed E-state index contributed by atoms with van der Waals surface area (Å²) in [6.45, 7) is 5.33. The summed E-state index contributed by atoms with van der Waals surface area (Å²) in [5.74, 6) is 4.14. The van der Waals surface area contributed by atoms with E-state index in [9.17, 15) is 4.79 Å². The first-order chi connectivity index (χ1) is 14.7. The first kappa shape index (κ1) is 23.2. The Morgan fingerprint density at radius 1 is 0.867 bits per heavy atom. The van der Waals surface area contributed by atoms with E-state index < -0.39 is 0 Å². The van der Waals surface area contributed by atoms with E-state index in [0.717, 1.165) is 62.2 Å². The monoisotopic (exact) mass is 414 g/mol. The normalized spacial score (nSPS) is 26.9. The van der Waals surface area contributed by atoms with Crippen molar-refractivity contribution in [2.75, 3.05) is 6.61 Å². The molecule has 0 N–H and O–H groups in total. The van der Waals surface area contributed by atoms with Crippen molar-refractivity contribution in [2.45, 2.75) is 97.3 Å². The second kappa shape index (κ2) is 12.4. The minimum absolute atomic E-state index is 0.0627. The summed E-state index contributed by atoms with van der Waals surface area (Å²) in [6.07, 6.45) is 16.3. The van der Waals surface area contributed by atoms with Gasteiger partial charge in [-0.2, -0.15) is 0 Å². The van der Waals surface area contributed by atoms with Crippen LogP contribution < -0.4 is 9.47 Å². The van der Waals surface area contributed by atoms with Crippen LogP contribution in [-0.2, 0) is 4.79 Å². The highest BCUT2D eigenvalue weighted by molar-refractivity contribution is 5.75. The third-order valence-corrected chi connectivity index (χ3v) is 7.51. The maximum Gasteiger partial charge on any atom is 0.314 e. The van der Waals surface area contributed by atoms with Gasteiger partial charge in [0.05, 0.1) is 12.5 Å². The molecule has 0 aliphatic heterocycles. The van der Waals surface area contributed by atoms with Crippen molar-refractivity contribution in [1.29, 1.82) is 0 Å². The SMILES string of the molecule is CCCC1CCCCC1CCCOc1ccc(OC(=O)C2CCC(CC)CC2)cc1. The van der Waals surface area contributed by atoms with Crippen molar-refractivity contribution < 1.29 is 14.3 Å². The molecule has 1 aromatic carbocycles. The molecule has 3 nitrogen and oxygen atoms in total. The summed E-state index contributed by atoms with van der Waals surface area (Å²) in [4.78, 5) is 12.4. The number of benzene rings is 1. The summed E-state index contributed by atoms with van der Waals surface area (Å²) in [5.41, 5.74) is 0. The fraction of sp³-hybridized carbons (Fsp3) is 0.741. The molecule has 0 saturated heterocycles. The molecule has 2 aliphatic rings. The van der Waals surface area contributed by atoms with E-state index in [1.807, 2.05) is 24.3 Å². The van der Waals surface area contributed by atoms with Crippen LogP contribution in [0.3, 0.4) is 0 Å². The number of esters is 1. The predicted octanol–water partition coefficient (Wildman–Crippen LogP) is 7.57. The minimum atomic E-state index is -0.0627. The molecule has 0 aromatic heterocycles. The minimum Gasteiger partial charge on any atom is -0.494 e. The van der Waals surface area contributed by atoms with Crippen LogP contribution in [0.15, 0.2) is 24.3 Å². The van der Waals surface area contributed by atoms with Crippen LogP contribution in [0.25, 0.3) is 0 Å². The zero-order chi connectivity index (χ0) is 21.2. The van der Waals surface area contributed by atoms with E-state index in [-0.39, 0.29) is 11.9 Å². The van der Waals surface area contributed by atoms with E-state index in [0.29, 0.717) is 5.75 Å². The van der Waals surface area contributed by atoms with Gasteiger partial charge in [0.15, 0.2) is 0 Å². The standard InChI is InChI=1S/C27H42O3/c1-3-8-22-9-5-6-10-23(22)11-7-20-29-25-16-18-26(19-17-25)30-27(28)24-14-12-21(4-2)13-15-24/h16-19,21-24H,3-15,20H2,1-2H3. The van der Waals surface area contributed by atoms with Crippen LogP contribution >= 0.6 is 0 Å². The van der Waals surface area contributed by atoms with Gasteiger partial charge < -0.3 is 9.47 Å². The molecule has 1 aromatic rings. The Kier molecular flexibility index (Phi) is 9.55. The number of carbonyl (C=O) groups is 1. The lowest BCUT2D eigenvalue weighted by atomic mass is 9.75. The summed E-state index contributed by atoms with van der Waals surface area (Å²) in [6, 6.07) is 7.58. The number of rotatable bonds is 10. The van der Waals surface area contributed by atoms with Gasteiger partial charge in [-0.05, 0) is 80.5 Å². The molecule has 0 spiro atoms. The molecule has 0 amide bonds. The van der Waals surface area contributed by atoms with Gasteiger partial charge in [0.1, 0.15) is 11.5 Å². The van der Waals surface area contributed by atoms with Gasteiger partial charge in [0.2, 0.25) is 0 Å². The lowest BCUT2D eigenvalue weighted by Crippen LogP contribution is -2.25. The lowest BCUT2D eigenvalue weighted by Gasteiger charge is -2.31. The van der Waals surface area contributed by atoms with Crippen LogP contribution in [-0.4, -0.2) is 12.6 Å². The molecule has 2 fully saturated rings. The third kappa shape index (κ3) is 7.03. The van der Waals surface area contributed by atoms with E-state index in [1.165, 1.54) is 51.4 Å². The molecule has 0 bridgehead atoms. The van der Waals surface area contributed by atoms with Crippen LogP contribution in [0, 0.1) is 23.7 Å². The average molecular weight is 415 g/mol. The fourth-order valence-electron chi connectivity index (χ4n) is 5.56. The first-order valence-corrected chi connectivity index (χ1v) is 12.6. The highest BCUT2D eigenvalue weighted by Gasteiger charge is 2.27. The number of carbonyl (C=O) groups excluding carboxylic acids is 1. The van der Waals surface area contributed by atoms with Gasteiger partial charge in [-0.15, -0.1) is 0 Å². The summed E-state index contributed by atoms with van der Waals surface area (Å²) >= 11 is 0. The Hall–Kier alpha value is -1.51. The Balaban J connectivity index is 1.36. The first-order valence-electron chi connectivity index (χ1n) is 12.6. The van der Waals surface area contributed by atoms with E-state index in [4.69, 9.17) is 9.47 Å². The van der Waals surface area contributed by atoms with Gasteiger partial charge in [0, 0.05) is 0 Å². The van der Waals surface area contributed by atoms with Gasteiger partial charge in [-0.3, -0.25) is 4.79 Å². The molecule has 3 rings (SSSR count). The second-order valence-electron chi connectivity index (χ2n) is 9.60. The van der Waals surface area contributed by atoms with Crippen molar-refractivity contribution in [3.05, 3.63) is 24.3 Å². The zero-order valence-electron chi connectivity index (χ0n) is 19.2. The van der Waals surface area contributed by atoms with Gasteiger partial charge in [0.25, 0.3) is 0 Å². The highest BCUT2D eigenvalue weighted by atomic mass is 16.5. The Morgan fingerprint density at radius 3 is 2.13 bits per heavy atom. The van der Waals surface area contributed by atoms with Crippen LogP contribution in [0.2, 0.25) is 0 Å². The van der Waals surface area contributed by atoms with Crippen molar-refractivity contribution in [3.63, 3.8) is 0 Å². The fourth-order valence-corrected chi connectivity index (χ4v) is 5.56. The average Bonchev–Trinajstić information content (AvgIpc) is 2.79. The van der Waals surface area contributed by atoms with Crippen LogP contribution in [0.1, 0.15) is 97.3 Å². The van der Waals surface area contributed by atoms with Crippen LogP contribution in [0.4, 0.5) is 0 Å². The van der Waals surface area contributed by atoms with E-state index in [2.05, 4.69) is 13.8 Å². The summed E-state index contributed by atoms with van der Waals surface area (Å²) < 4.78 is 11.6. The van der Waals surface area contributed by atoms with Crippen molar-refractivity contribution in [3.8, 4) is 11.5 Å². The molecular formula is C27H42O3. The maximum atomic E-state index is 12.4. The zero-order valence-corrected chi connectivity index (χ0v) is 19.2. The molecule has 2 atom stereocenters. The molecule has 2 aliphatic carbocycles. The number of hydrogen-bond donors (Lipinski definition) is 0. The van der Waals surface area contributed by atoms with E-state index >= 15 is 0 Å². The van der Waals surface area contributed by atoms with Crippen LogP contribution in [0.5, 0.6) is 11.5 Å². The Bertz CT molecular complexity index is 614. The topological polar surface area (TPSA) is 35.5 Å². The second-order valence-corrected chi connectivity index (χ2v) is 9.60.